The molecule has 338 valence electrons. The number of hydrogen-bond donors (Lipinski definition) is 0. The van der Waals surface area contributed by atoms with Crippen LogP contribution < -0.4 is 66.2 Å². The number of hydrogen-bond acceptors (Lipinski definition) is 10. The molecule has 6 aromatic rings. The van der Waals surface area contributed by atoms with Gasteiger partial charge in [-0.1, -0.05) is 72.8 Å². The van der Waals surface area contributed by atoms with Crippen molar-refractivity contribution in [3.05, 3.63) is 179 Å². The fourth-order valence-corrected chi connectivity index (χ4v) is 11.7. The van der Waals surface area contributed by atoms with Gasteiger partial charge >= 0.3 is 51.4 Å². The maximum absolute atomic E-state index is 12.9. The molecule has 0 fully saturated rings. The molecule has 6 aromatic carbocycles. The quantitative estimate of drug-likeness (QED) is 0.0231. The van der Waals surface area contributed by atoms with Crippen molar-refractivity contribution in [3.63, 3.8) is 0 Å². The van der Waals surface area contributed by atoms with Crippen LogP contribution in [0.15, 0.2) is 176 Å². The van der Waals surface area contributed by atoms with Gasteiger partial charge in [-0.2, -0.15) is 4.58 Å². The van der Waals surface area contributed by atoms with Crippen LogP contribution in [-0.4, -0.2) is 50.5 Å². The van der Waals surface area contributed by atoms with Crippen molar-refractivity contribution in [1.29, 1.82) is 0 Å². The van der Waals surface area contributed by atoms with Gasteiger partial charge in [-0.05, 0) is 112 Å². The molecule has 0 amide bonds. The molecule has 0 bridgehead atoms. The Hall–Kier alpha value is -4.03. The number of thioether (sulfide) groups is 2. The summed E-state index contributed by atoms with van der Waals surface area (Å²) in [6, 6.07) is 47.5. The smallest absolute Gasteiger partial charge is 0.744 e. The summed E-state index contributed by atoms with van der Waals surface area (Å²) >= 11 is 3.55. The molecular weight excluding hydrogens is 944 g/mol. The molecule has 0 aromatic heterocycles. The Labute approximate surface area is 444 Å². The molecule has 0 saturated heterocycles. The fraction of sp³-hybridized carbons (Fsp3) is 0.189. The summed E-state index contributed by atoms with van der Waals surface area (Å²) in [6.07, 6.45) is 1.62. The van der Waals surface area contributed by atoms with Crippen molar-refractivity contribution in [2.24, 2.45) is 0 Å². The van der Waals surface area contributed by atoms with Gasteiger partial charge in [0.15, 0.2) is 0 Å². The second-order valence-electron chi connectivity index (χ2n) is 16.2. The van der Waals surface area contributed by atoms with E-state index >= 15 is 0 Å². The fourth-order valence-electron chi connectivity index (χ4n) is 8.70. The molecule has 9 nitrogen and oxygen atoms in total. The molecule has 0 N–H and O–H groups in total. The van der Waals surface area contributed by atoms with Crippen LogP contribution in [0.4, 0.5) is 17.1 Å². The first-order valence-electron chi connectivity index (χ1n) is 21.6. The number of para-hydroxylation sites is 1. The standard InChI is InChI=1S/C53H50N2O7S4.K/c1-36-16-13-17-37(2)52(36)54(28-14-30-63-42-18-7-5-8-19-42)40-24-26-45-48(34-40)62-49-35-41(25-27-46(49)51(45)47-22-11-12-23-50(47)66(59,60)61)55(29-15-31-64-43-20-9-6-10-21-43)53-38(3)32-44(33-39(53)4)65(56,57)58;/h5-13,16-27,32-35H,14-15,28-31H2,1-4H3,(H-,56,57,58,59,60,61);/q;+1/p-1. The van der Waals surface area contributed by atoms with E-state index in [4.69, 9.17) is 4.42 Å². The maximum Gasteiger partial charge on any atom is 1.00 e. The number of nitrogens with zero attached hydrogens (tertiary/aromatic N) is 2. The van der Waals surface area contributed by atoms with Crippen molar-refractivity contribution >= 4 is 71.8 Å². The third-order valence-electron chi connectivity index (χ3n) is 11.5. The number of rotatable bonds is 16. The van der Waals surface area contributed by atoms with E-state index < -0.39 is 20.2 Å². The van der Waals surface area contributed by atoms with Crippen molar-refractivity contribution in [2.45, 2.75) is 60.1 Å². The summed E-state index contributed by atoms with van der Waals surface area (Å²) < 4.78 is 84.2. The van der Waals surface area contributed by atoms with Gasteiger partial charge in [-0.25, -0.2) is 16.8 Å². The second-order valence-corrected chi connectivity index (χ2v) is 21.3. The summed E-state index contributed by atoms with van der Waals surface area (Å²) in [4.78, 5) is 4.04. The van der Waals surface area contributed by atoms with Crippen LogP contribution in [0.3, 0.4) is 0 Å². The zero-order valence-corrected chi connectivity index (χ0v) is 44.5. The summed E-state index contributed by atoms with van der Waals surface area (Å²) in [5.41, 5.74) is 8.10. The van der Waals surface area contributed by atoms with Gasteiger partial charge in [-0.3, -0.25) is 0 Å². The predicted molar refractivity (Wildman–Crippen MR) is 266 cm³/mol. The zero-order chi connectivity index (χ0) is 46.6. The first-order valence-corrected chi connectivity index (χ1v) is 26.4. The average Bonchev–Trinajstić information content (AvgIpc) is 3.29. The van der Waals surface area contributed by atoms with Crippen LogP contribution in [0.5, 0.6) is 0 Å². The number of aryl methyl sites for hydroxylation is 4. The third kappa shape index (κ3) is 11.9. The Morgan fingerprint density at radius 3 is 1.81 bits per heavy atom. The topological polar surface area (TPSA) is 134 Å². The van der Waals surface area contributed by atoms with Crippen LogP contribution in [0.1, 0.15) is 35.1 Å². The number of benzene rings is 7. The summed E-state index contributed by atoms with van der Waals surface area (Å²) in [5.74, 6) is 2.14. The van der Waals surface area contributed by atoms with E-state index in [9.17, 15) is 25.9 Å². The molecule has 0 radical (unpaired) electrons. The van der Waals surface area contributed by atoms with E-state index in [0.717, 1.165) is 62.8 Å². The van der Waals surface area contributed by atoms with Gasteiger partial charge in [0.2, 0.25) is 11.0 Å². The third-order valence-corrected chi connectivity index (χ3v) is 15.5. The maximum atomic E-state index is 12.9. The molecule has 14 heteroatoms. The van der Waals surface area contributed by atoms with E-state index in [1.807, 2.05) is 84.6 Å². The van der Waals surface area contributed by atoms with Gasteiger partial charge in [-0.15, -0.1) is 23.5 Å². The van der Waals surface area contributed by atoms with Crippen LogP contribution in [0.25, 0.3) is 33.4 Å². The molecule has 0 saturated carbocycles. The first kappa shape index (κ1) is 50.8. The van der Waals surface area contributed by atoms with Crippen LogP contribution in [0.2, 0.25) is 0 Å². The van der Waals surface area contributed by atoms with E-state index in [2.05, 4.69) is 65.8 Å². The normalized spacial score (nSPS) is 12.3. The minimum absolute atomic E-state index is 0. The predicted octanol–water partition coefficient (Wildman–Crippen LogP) is 8.86. The van der Waals surface area contributed by atoms with Gasteiger partial charge in [0, 0.05) is 85.2 Å². The van der Waals surface area contributed by atoms with Gasteiger partial charge in [0.25, 0.3) is 0 Å². The Kier molecular flexibility index (Phi) is 16.8. The Morgan fingerprint density at radius 2 is 1.19 bits per heavy atom. The molecule has 67 heavy (non-hydrogen) atoms. The minimum Gasteiger partial charge on any atom is -0.744 e. The van der Waals surface area contributed by atoms with Crippen LogP contribution in [0, 0.1) is 27.7 Å². The molecular formula is C53H49KN2O7S4. The van der Waals surface area contributed by atoms with Crippen LogP contribution >= 0.6 is 23.5 Å². The molecule has 1 heterocycles. The summed E-state index contributed by atoms with van der Waals surface area (Å²) in [7, 11) is -9.61. The van der Waals surface area contributed by atoms with Crippen molar-refractivity contribution in [2.75, 3.05) is 29.5 Å². The number of anilines is 2. The largest absolute Gasteiger partial charge is 1.00 e. The van der Waals surface area contributed by atoms with E-state index in [1.165, 1.54) is 23.1 Å². The minimum atomic E-state index is -4.90. The Bertz CT molecular complexity index is 3280. The SMILES string of the molecule is Cc1cccc(C)c1N(CCCSc1ccccc1)c1ccc2c(-c3ccccc3S(=O)(=O)[O-])c3ccc(=[N+](CCCSc4ccccc4)c4c(C)cc(S(=O)(=O)[O-])cc4C)cc-3oc2c1.[K+]. The first-order chi connectivity index (χ1) is 31.7. The summed E-state index contributed by atoms with van der Waals surface area (Å²) in [6.45, 7) is 9.05. The molecule has 1 aliphatic carbocycles. The summed E-state index contributed by atoms with van der Waals surface area (Å²) in [5, 5.41) is 1.37. The average molecular weight is 993 g/mol. The second kappa shape index (κ2) is 22.2. The Balaban J connectivity index is 0.00000666. The van der Waals surface area contributed by atoms with Crippen molar-refractivity contribution in [3.8, 4) is 22.5 Å². The van der Waals surface area contributed by atoms with Gasteiger partial charge in [0.1, 0.15) is 38.1 Å². The van der Waals surface area contributed by atoms with Crippen LogP contribution in [-0.2, 0) is 20.2 Å². The van der Waals surface area contributed by atoms with E-state index in [-0.39, 0.29) is 66.7 Å². The molecule has 0 atom stereocenters. The monoisotopic (exact) mass is 992 g/mol. The zero-order valence-electron chi connectivity index (χ0n) is 38.1. The molecule has 0 spiro atoms. The number of fused-ring (bicyclic) bond motifs is 2. The van der Waals surface area contributed by atoms with E-state index in [0.29, 0.717) is 52.1 Å². The van der Waals surface area contributed by atoms with E-state index in [1.54, 1.807) is 43.8 Å². The van der Waals surface area contributed by atoms with Gasteiger partial charge < -0.3 is 18.4 Å². The molecule has 0 unspecified atom stereocenters. The van der Waals surface area contributed by atoms with Crippen molar-refractivity contribution in [1.82, 2.24) is 4.58 Å². The van der Waals surface area contributed by atoms with Gasteiger partial charge in [0.05, 0.1) is 15.9 Å². The molecule has 2 aliphatic rings. The molecule has 1 aliphatic heterocycles. The van der Waals surface area contributed by atoms with Crippen molar-refractivity contribution < 1.29 is 81.7 Å². The Morgan fingerprint density at radius 1 is 0.597 bits per heavy atom. The molecule has 8 rings (SSSR count).